The van der Waals surface area contributed by atoms with Crippen molar-refractivity contribution in [2.45, 2.75) is 38.4 Å². The molecule has 0 N–H and O–H groups in total. The Kier molecular flexibility index (Phi) is 6.41. The molecular formula is C19H27BrN2O3S. The third kappa shape index (κ3) is 4.87. The average Bonchev–Trinajstić information content (AvgIpc) is 2.63. The fourth-order valence-corrected chi connectivity index (χ4v) is 5.74. The third-order valence-electron chi connectivity index (χ3n) is 5.43. The van der Waals surface area contributed by atoms with Crippen LogP contribution in [0.5, 0.6) is 0 Å². The van der Waals surface area contributed by atoms with Gasteiger partial charge in [-0.2, -0.15) is 0 Å². The average molecular weight is 443 g/mol. The molecule has 2 heterocycles. The predicted octanol–water partition coefficient (Wildman–Crippen LogP) is 3.25. The van der Waals surface area contributed by atoms with Crippen LogP contribution in [0.15, 0.2) is 28.7 Å². The second-order valence-electron chi connectivity index (χ2n) is 7.59. The lowest BCUT2D eigenvalue weighted by Crippen LogP contribution is -2.47. The van der Waals surface area contributed by atoms with E-state index in [0.29, 0.717) is 31.8 Å². The van der Waals surface area contributed by atoms with Crippen LogP contribution in [0.1, 0.15) is 38.2 Å². The first kappa shape index (κ1) is 19.8. The van der Waals surface area contributed by atoms with E-state index in [9.17, 15) is 13.2 Å². The lowest BCUT2D eigenvalue weighted by molar-refractivity contribution is -0.138. The molecule has 0 unspecified atom stereocenters. The van der Waals surface area contributed by atoms with Crippen molar-refractivity contribution in [2.24, 2.45) is 11.8 Å². The van der Waals surface area contributed by atoms with Crippen molar-refractivity contribution in [1.82, 2.24) is 9.21 Å². The number of piperidine rings is 2. The molecule has 0 spiro atoms. The van der Waals surface area contributed by atoms with Crippen molar-refractivity contribution < 1.29 is 13.2 Å². The van der Waals surface area contributed by atoms with Gasteiger partial charge in [0.25, 0.3) is 0 Å². The minimum atomic E-state index is -3.34. The zero-order valence-corrected chi connectivity index (χ0v) is 17.6. The fraction of sp³-hybridized carbons (Fsp3) is 0.632. The maximum atomic E-state index is 12.7. The summed E-state index contributed by atoms with van der Waals surface area (Å²) in [5.41, 5.74) is 0.786. The highest BCUT2D eigenvalue weighted by atomic mass is 79.9. The van der Waals surface area contributed by atoms with Crippen molar-refractivity contribution in [3.8, 4) is 0 Å². The molecule has 144 valence electrons. The van der Waals surface area contributed by atoms with E-state index in [-0.39, 0.29) is 17.6 Å². The van der Waals surface area contributed by atoms with Crippen LogP contribution in [-0.2, 0) is 20.6 Å². The molecule has 1 atom stereocenters. The number of carbonyl (C=O) groups excluding carboxylic acids is 1. The minimum absolute atomic E-state index is 0.0164. The predicted molar refractivity (Wildman–Crippen MR) is 106 cm³/mol. The maximum Gasteiger partial charge on any atom is 0.225 e. The first-order valence-corrected chi connectivity index (χ1v) is 11.8. The number of halogens is 1. The normalized spacial score (nSPS) is 23.2. The van der Waals surface area contributed by atoms with E-state index in [1.165, 1.54) is 6.42 Å². The topological polar surface area (TPSA) is 57.7 Å². The van der Waals surface area contributed by atoms with E-state index in [1.54, 1.807) is 4.31 Å². The van der Waals surface area contributed by atoms with E-state index < -0.39 is 10.0 Å². The zero-order chi connectivity index (χ0) is 18.7. The van der Waals surface area contributed by atoms with Crippen LogP contribution in [0.2, 0.25) is 0 Å². The van der Waals surface area contributed by atoms with Gasteiger partial charge in [0.2, 0.25) is 15.9 Å². The summed E-state index contributed by atoms with van der Waals surface area (Å²) in [5.74, 6) is 0.780. The van der Waals surface area contributed by atoms with E-state index in [4.69, 9.17) is 0 Å². The molecular weight excluding hydrogens is 416 g/mol. The van der Waals surface area contributed by atoms with E-state index in [2.05, 4.69) is 22.9 Å². The van der Waals surface area contributed by atoms with Gasteiger partial charge in [-0.15, -0.1) is 0 Å². The van der Waals surface area contributed by atoms with Crippen LogP contribution in [0.25, 0.3) is 0 Å². The molecule has 0 aromatic heterocycles. The van der Waals surface area contributed by atoms with Crippen LogP contribution in [0.4, 0.5) is 0 Å². The summed E-state index contributed by atoms with van der Waals surface area (Å²) in [6.45, 7) is 4.78. The van der Waals surface area contributed by atoms with Crippen molar-refractivity contribution >= 4 is 31.9 Å². The molecule has 2 fully saturated rings. The summed E-state index contributed by atoms with van der Waals surface area (Å²) in [6, 6.07) is 7.37. The van der Waals surface area contributed by atoms with Gasteiger partial charge < -0.3 is 4.90 Å². The van der Waals surface area contributed by atoms with Gasteiger partial charge in [-0.25, -0.2) is 12.7 Å². The van der Waals surface area contributed by atoms with Gasteiger partial charge in [0.1, 0.15) is 0 Å². The number of benzene rings is 1. The Hall–Kier alpha value is -0.920. The molecule has 0 aliphatic carbocycles. The van der Waals surface area contributed by atoms with Gasteiger partial charge in [0, 0.05) is 36.6 Å². The molecule has 1 aromatic carbocycles. The summed E-state index contributed by atoms with van der Waals surface area (Å²) in [7, 11) is -3.34. The molecule has 2 saturated heterocycles. The van der Waals surface area contributed by atoms with Crippen LogP contribution in [0.3, 0.4) is 0 Å². The molecule has 2 aliphatic heterocycles. The molecule has 0 bridgehead atoms. The zero-order valence-electron chi connectivity index (χ0n) is 15.2. The Morgan fingerprint density at radius 1 is 1.12 bits per heavy atom. The van der Waals surface area contributed by atoms with Crippen LogP contribution < -0.4 is 0 Å². The highest BCUT2D eigenvalue weighted by Crippen LogP contribution is 2.26. The molecule has 0 saturated carbocycles. The first-order chi connectivity index (χ1) is 12.3. The lowest BCUT2D eigenvalue weighted by atomic mass is 9.93. The summed E-state index contributed by atoms with van der Waals surface area (Å²) in [6.07, 6.45) is 3.52. The summed E-state index contributed by atoms with van der Waals surface area (Å²) in [5, 5.41) is 0. The Morgan fingerprint density at radius 2 is 1.77 bits per heavy atom. The molecule has 2 aliphatic rings. The molecule has 7 heteroatoms. The number of amides is 1. The smallest absolute Gasteiger partial charge is 0.225 e. The molecule has 0 radical (unpaired) electrons. The highest BCUT2D eigenvalue weighted by molar-refractivity contribution is 9.10. The molecule has 5 nitrogen and oxygen atoms in total. The Labute approximate surface area is 164 Å². The van der Waals surface area contributed by atoms with E-state index in [0.717, 1.165) is 29.5 Å². The van der Waals surface area contributed by atoms with E-state index >= 15 is 0 Å². The minimum Gasteiger partial charge on any atom is -0.342 e. The van der Waals surface area contributed by atoms with Gasteiger partial charge in [-0.05, 0) is 49.3 Å². The number of sulfonamides is 1. The monoisotopic (exact) mass is 442 g/mol. The number of hydrogen-bond donors (Lipinski definition) is 0. The SMILES string of the molecule is C[C@H]1CCCN(C(=O)C2CCN(S(=O)(=O)Cc3ccc(Br)cc3)CC2)C1. The number of carbonyl (C=O) groups is 1. The van der Waals surface area contributed by atoms with Gasteiger partial charge in [0.15, 0.2) is 0 Å². The molecule has 3 rings (SSSR count). The van der Waals surface area contributed by atoms with Crippen molar-refractivity contribution in [1.29, 1.82) is 0 Å². The highest BCUT2D eigenvalue weighted by Gasteiger charge is 2.34. The lowest BCUT2D eigenvalue weighted by Gasteiger charge is -2.36. The standard InChI is InChI=1S/C19H27BrN2O3S/c1-15-3-2-10-21(13-15)19(23)17-8-11-22(12-9-17)26(24,25)14-16-4-6-18(20)7-5-16/h4-7,15,17H,2-3,8-14H2,1H3/t15-/m0/s1. The van der Waals surface area contributed by atoms with Crippen LogP contribution in [-0.4, -0.2) is 49.7 Å². The summed E-state index contributed by atoms with van der Waals surface area (Å²) < 4.78 is 27.8. The van der Waals surface area contributed by atoms with E-state index in [1.807, 2.05) is 29.2 Å². The summed E-state index contributed by atoms with van der Waals surface area (Å²) in [4.78, 5) is 14.7. The summed E-state index contributed by atoms with van der Waals surface area (Å²) >= 11 is 3.36. The van der Waals surface area contributed by atoms with Crippen molar-refractivity contribution in [3.05, 3.63) is 34.3 Å². The molecule has 1 aromatic rings. The van der Waals surface area contributed by atoms with Crippen LogP contribution >= 0.6 is 15.9 Å². The van der Waals surface area contributed by atoms with Crippen molar-refractivity contribution in [3.63, 3.8) is 0 Å². The van der Waals surface area contributed by atoms with Crippen LogP contribution in [0, 0.1) is 11.8 Å². The number of rotatable bonds is 4. The number of nitrogens with zero attached hydrogens (tertiary/aromatic N) is 2. The maximum absolute atomic E-state index is 12.7. The Morgan fingerprint density at radius 3 is 2.38 bits per heavy atom. The Balaban J connectivity index is 1.55. The second-order valence-corrected chi connectivity index (χ2v) is 10.5. The second kappa shape index (κ2) is 8.40. The third-order valence-corrected chi connectivity index (χ3v) is 7.81. The fourth-order valence-electron chi connectivity index (χ4n) is 3.91. The van der Waals surface area contributed by atoms with Gasteiger partial charge >= 0.3 is 0 Å². The van der Waals surface area contributed by atoms with Gasteiger partial charge in [-0.1, -0.05) is 35.0 Å². The van der Waals surface area contributed by atoms with Gasteiger partial charge in [0.05, 0.1) is 5.75 Å². The molecule has 26 heavy (non-hydrogen) atoms. The Bertz CT molecular complexity index is 728. The number of likely N-dealkylation sites (tertiary alicyclic amines) is 1. The van der Waals surface area contributed by atoms with Crippen molar-refractivity contribution in [2.75, 3.05) is 26.2 Å². The molecule has 1 amide bonds. The quantitative estimate of drug-likeness (QED) is 0.718. The van der Waals surface area contributed by atoms with Gasteiger partial charge in [-0.3, -0.25) is 4.79 Å². The largest absolute Gasteiger partial charge is 0.342 e. The first-order valence-electron chi connectivity index (χ1n) is 9.36. The number of hydrogen-bond acceptors (Lipinski definition) is 3.